The van der Waals surface area contributed by atoms with Gasteiger partial charge in [-0.1, -0.05) is 48.5 Å². The standard InChI is InChI=1S/C24H21N3O2S/c25-16-19-10-4-5-11-20(19)17-30-15-14-26-24(29)21-12-6-7-13-22(21)27-23(28)18-8-2-1-3-9-18/h1-13H,14-15,17H2,(H,26,29)(H,27,28). The molecule has 2 amide bonds. The number of hydrogen-bond acceptors (Lipinski definition) is 4. The predicted molar refractivity (Wildman–Crippen MR) is 120 cm³/mol. The Kier molecular flexibility index (Phi) is 7.64. The van der Waals surface area contributed by atoms with Gasteiger partial charge in [-0.15, -0.1) is 0 Å². The van der Waals surface area contributed by atoms with Crippen molar-refractivity contribution in [1.82, 2.24) is 5.32 Å². The second-order valence-corrected chi connectivity index (χ2v) is 7.55. The minimum absolute atomic E-state index is 0.239. The molecule has 0 bridgehead atoms. The fourth-order valence-electron chi connectivity index (χ4n) is 2.84. The zero-order valence-electron chi connectivity index (χ0n) is 16.3. The van der Waals surface area contributed by atoms with Crippen LogP contribution in [0, 0.1) is 11.3 Å². The van der Waals surface area contributed by atoms with Crippen molar-refractivity contribution in [2.24, 2.45) is 0 Å². The molecule has 0 aliphatic carbocycles. The van der Waals surface area contributed by atoms with E-state index in [4.69, 9.17) is 5.26 Å². The number of carbonyl (C=O) groups excluding carboxylic acids is 2. The molecule has 3 rings (SSSR count). The van der Waals surface area contributed by atoms with Crippen molar-refractivity contribution in [2.75, 3.05) is 17.6 Å². The summed E-state index contributed by atoms with van der Waals surface area (Å²) in [6, 6.07) is 25.5. The van der Waals surface area contributed by atoms with E-state index in [1.807, 2.05) is 24.3 Å². The summed E-state index contributed by atoms with van der Waals surface area (Å²) in [5.41, 5.74) is 3.09. The van der Waals surface area contributed by atoms with Crippen LogP contribution in [0.5, 0.6) is 0 Å². The number of benzene rings is 3. The van der Waals surface area contributed by atoms with E-state index in [0.29, 0.717) is 40.4 Å². The first-order chi connectivity index (χ1) is 14.7. The third kappa shape index (κ3) is 5.72. The first-order valence-corrected chi connectivity index (χ1v) is 10.6. The van der Waals surface area contributed by atoms with E-state index in [0.717, 1.165) is 5.56 Å². The molecule has 0 saturated heterocycles. The van der Waals surface area contributed by atoms with Crippen LogP contribution in [-0.2, 0) is 5.75 Å². The molecule has 3 aromatic rings. The van der Waals surface area contributed by atoms with E-state index in [1.165, 1.54) is 0 Å². The maximum atomic E-state index is 12.6. The van der Waals surface area contributed by atoms with Gasteiger partial charge >= 0.3 is 0 Å². The lowest BCUT2D eigenvalue weighted by molar-refractivity contribution is 0.0957. The number of carbonyl (C=O) groups is 2. The van der Waals surface area contributed by atoms with Gasteiger partial charge in [-0.2, -0.15) is 17.0 Å². The number of nitrogens with one attached hydrogen (secondary N) is 2. The van der Waals surface area contributed by atoms with Crippen molar-refractivity contribution in [3.63, 3.8) is 0 Å². The van der Waals surface area contributed by atoms with Crippen LogP contribution in [-0.4, -0.2) is 24.1 Å². The molecule has 0 spiro atoms. The molecular formula is C24H21N3O2S. The topological polar surface area (TPSA) is 82.0 Å². The summed E-state index contributed by atoms with van der Waals surface area (Å²) >= 11 is 1.65. The highest BCUT2D eigenvalue weighted by atomic mass is 32.2. The monoisotopic (exact) mass is 415 g/mol. The predicted octanol–water partition coefficient (Wildman–Crippen LogP) is 4.47. The van der Waals surface area contributed by atoms with Crippen LogP contribution in [0.25, 0.3) is 0 Å². The van der Waals surface area contributed by atoms with Gasteiger partial charge in [0.05, 0.1) is 22.9 Å². The van der Waals surface area contributed by atoms with E-state index < -0.39 is 0 Å². The Labute approximate surface area is 180 Å². The van der Waals surface area contributed by atoms with Gasteiger partial charge in [0.15, 0.2) is 0 Å². The lowest BCUT2D eigenvalue weighted by atomic mass is 10.1. The fourth-order valence-corrected chi connectivity index (χ4v) is 3.71. The average Bonchev–Trinajstić information content (AvgIpc) is 2.80. The second-order valence-electron chi connectivity index (χ2n) is 6.44. The fraction of sp³-hybridized carbons (Fsp3) is 0.125. The van der Waals surface area contributed by atoms with E-state index in [1.54, 1.807) is 66.4 Å². The molecule has 30 heavy (non-hydrogen) atoms. The van der Waals surface area contributed by atoms with Gasteiger partial charge in [0.25, 0.3) is 11.8 Å². The molecule has 0 radical (unpaired) electrons. The smallest absolute Gasteiger partial charge is 0.255 e. The minimum Gasteiger partial charge on any atom is -0.351 e. The van der Waals surface area contributed by atoms with Gasteiger partial charge in [-0.3, -0.25) is 9.59 Å². The number of nitrogens with zero attached hydrogens (tertiary/aromatic N) is 1. The zero-order valence-corrected chi connectivity index (χ0v) is 17.1. The quantitative estimate of drug-likeness (QED) is 0.532. The Hall–Kier alpha value is -3.56. The lowest BCUT2D eigenvalue weighted by Crippen LogP contribution is -2.27. The van der Waals surface area contributed by atoms with Crippen LogP contribution in [0.1, 0.15) is 31.8 Å². The molecular weight excluding hydrogens is 394 g/mol. The van der Waals surface area contributed by atoms with Crippen LogP contribution in [0.15, 0.2) is 78.9 Å². The number of hydrogen-bond donors (Lipinski definition) is 2. The SMILES string of the molecule is N#Cc1ccccc1CSCCNC(=O)c1ccccc1NC(=O)c1ccccc1. The molecule has 0 atom stereocenters. The van der Waals surface area contributed by atoms with Gasteiger partial charge in [0.2, 0.25) is 0 Å². The van der Waals surface area contributed by atoms with E-state index in [9.17, 15) is 9.59 Å². The molecule has 0 heterocycles. The minimum atomic E-state index is -0.262. The molecule has 0 unspecified atom stereocenters. The Bertz CT molecular complexity index is 1060. The van der Waals surface area contributed by atoms with Crippen molar-refractivity contribution in [2.45, 2.75) is 5.75 Å². The summed E-state index contributed by atoms with van der Waals surface area (Å²) in [5, 5.41) is 14.8. The van der Waals surface area contributed by atoms with Crippen molar-refractivity contribution < 1.29 is 9.59 Å². The van der Waals surface area contributed by atoms with Crippen LogP contribution >= 0.6 is 11.8 Å². The van der Waals surface area contributed by atoms with Crippen LogP contribution in [0.2, 0.25) is 0 Å². The number of rotatable bonds is 8. The Morgan fingerprint density at radius 2 is 1.57 bits per heavy atom. The van der Waals surface area contributed by atoms with Crippen LogP contribution in [0.3, 0.4) is 0 Å². The average molecular weight is 416 g/mol. The second kappa shape index (κ2) is 10.8. The van der Waals surface area contributed by atoms with E-state index in [-0.39, 0.29) is 11.8 Å². The summed E-state index contributed by atoms with van der Waals surface area (Å²) < 4.78 is 0. The van der Waals surface area contributed by atoms with Gasteiger partial charge in [0, 0.05) is 23.6 Å². The molecule has 6 heteroatoms. The Morgan fingerprint density at radius 1 is 0.867 bits per heavy atom. The summed E-state index contributed by atoms with van der Waals surface area (Å²) in [5.74, 6) is 0.924. The highest BCUT2D eigenvalue weighted by Gasteiger charge is 2.13. The highest BCUT2D eigenvalue weighted by molar-refractivity contribution is 7.98. The van der Waals surface area contributed by atoms with Gasteiger partial charge in [-0.25, -0.2) is 0 Å². The maximum absolute atomic E-state index is 12.6. The van der Waals surface area contributed by atoms with Crippen molar-refractivity contribution in [3.8, 4) is 6.07 Å². The molecule has 2 N–H and O–H groups in total. The third-order valence-electron chi connectivity index (χ3n) is 4.38. The van der Waals surface area contributed by atoms with Gasteiger partial charge in [0.1, 0.15) is 0 Å². The number of nitriles is 1. The van der Waals surface area contributed by atoms with Gasteiger partial charge in [-0.05, 0) is 35.9 Å². The first kappa shape index (κ1) is 21.2. The van der Waals surface area contributed by atoms with Crippen molar-refractivity contribution in [3.05, 3.63) is 101 Å². The van der Waals surface area contributed by atoms with Gasteiger partial charge < -0.3 is 10.6 Å². The molecule has 0 aromatic heterocycles. The summed E-state index contributed by atoms with van der Waals surface area (Å²) in [7, 11) is 0. The number of thioether (sulfide) groups is 1. The van der Waals surface area contributed by atoms with E-state index in [2.05, 4.69) is 16.7 Å². The molecule has 150 valence electrons. The molecule has 0 saturated carbocycles. The molecule has 0 aliphatic heterocycles. The molecule has 3 aromatic carbocycles. The van der Waals surface area contributed by atoms with Crippen LogP contribution < -0.4 is 10.6 Å². The maximum Gasteiger partial charge on any atom is 0.255 e. The van der Waals surface area contributed by atoms with E-state index >= 15 is 0 Å². The normalized spacial score (nSPS) is 10.1. The summed E-state index contributed by atoms with van der Waals surface area (Å²) in [6.07, 6.45) is 0. The largest absolute Gasteiger partial charge is 0.351 e. The summed E-state index contributed by atoms with van der Waals surface area (Å²) in [6.45, 7) is 0.485. The Balaban J connectivity index is 1.52. The first-order valence-electron chi connectivity index (χ1n) is 9.48. The molecule has 5 nitrogen and oxygen atoms in total. The highest BCUT2D eigenvalue weighted by Crippen LogP contribution is 2.17. The van der Waals surface area contributed by atoms with Crippen molar-refractivity contribution >= 4 is 29.3 Å². The molecule has 0 aliphatic rings. The number of amides is 2. The van der Waals surface area contributed by atoms with Crippen LogP contribution in [0.4, 0.5) is 5.69 Å². The number of anilines is 1. The number of para-hydroxylation sites is 1. The third-order valence-corrected chi connectivity index (χ3v) is 5.39. The Morgan fingerprint density at radius 3 is 2.37 bits per heavy atom. The zero-order chi connectivity index (χ0) is 21.2. The lowest BCUT2D eigenvalue weighted by Gasteiger charge is -2.11. The summed E-state index contributed by atoms with van der Waals surface area (Å²) in [4.78, 5) is 25.0. The van der Waals surface area contributed by atoms with Crippen molar-refractivity contribution in [1.29, 1.82) is 5.26 Å². The molecule has 0 fully saturated rings.